The van der Waals surface area contributed by atoms with E-state index in [1.165, 1.54) is 0 Å². The lowest BCUT2D eigenvalue weighted by atomic mass is 10.1. The van der Waals surface area contributed by atoms with E-state index in [1.807, 2.05) is 24.3 Å². The molecule has 0 bridgehead atoms. The highest BCUT2D eigenvalue weighted by molar-refractivity contribution is 5.75. The van der Waals surface area contributed by atoms with E-state index in [4.69, 9.17) is 11.5 Å². The van der Waals surface area contributed by atoms with Crippen molar-refractivity contribution in [2.75, 3.05) is 12.3 Å². The molecular formula is C10H12N2. The minimum absolute atomic E-state index is 0.414. The van der Waals surface area contributed by atoms with Gasteiger partial charge in [0.05, 0.1) is 0 Å². The minimum Gasteiger partial charge on any atom is -0.398 e. The maximum Gasteiger partial charge on any atom is 0.0397 e. The summed E-state index contributed by atoms with van der Waals surface area (Å²) in [6, 6.07) is 7.55. The predicted octanol–water partition coefficient (Wildman–Crippen LogP) is 1.40. The van der Waals surface area contributed by atoms with Crippen molar-refractivity contribution in [3.63, 3.8) is 0 Å². The number of hydrogen-bond donors (Lipinski definition) is 2. The van der Waals surface area contributed by atoms with Crippen LogP contribution in [0.4, 0.5) is 5.69 Å². The Morgan fingerprint density at radius 2 is 2.08 bits per heavy atom. The summed E-state index contributed by atoms with van der Waals surface area (Å²) in [6.07, 6.45) is 0. The SMILES string of the molecule is C=C=C(CN)c1ccccc1N. The standard InChI is InChI=1S/C10H12N2/c1-2-8(7-11)9-5-3-4-6-10(9)12/h3-6H,1,7,11-12H2. The summed E-state index contributed by atoms with van der Waals surface area (Å²) in [6.45, 7) is 3.97. The van der Waals surface area contributed by atoms with Crippen molar-refractivity contribution >= 4 is 11.3 Å². The van der Waals surface area contributed by atoms with Crippen molar-refractivity contribution in [2.24, 2.45) is 5.73 Å². The topological polar surface area (TPSA) is 52.0 Å². The van der Waals surface area contributed by atoms with Gasteiger partial charge in [-0.2, -0.15) is 0 Å². The fraction of sp³-hybridized carbons (Fsp3) is 0.100. The second-order valence-electron chi connectivity index (χ2n) is 2.45. The summed E-state index contributed by atoms with van der Waals surface area (Å²) >= 11 is 0. The molecule has 0 aromatic heterocycles. The second-order valence-corrected chi connectivity index (χ2v) is 2.45. The number of nitrogens with two attached hydrogens (primary N) is 2. The lowest BCUT2D eigenvalue weighted by molar-refractivity contribution is 1.27. The van der Waals surface area contributed by atoms with Gasteiger partial charge in [-0.25, -0.2) is 0 Å². The van der Waals surface area contributed by atoms with Gasteiger partial charge in [-0.1, -0.05) is 24.8 Å². The average Bonchev–Trinajstić information content (AvgIpc) is 2.10. The lowest BCUT2D eigenvalue weighted by Gasteiger charge is -2.04. The highest BCUT2D eigenvalue weighted by Crippen LogP contribution is 2.18. The molecule has 1 rings (SSSR count). The second kappa shape index (κ2) is 3.77. The number of nitrogen functional groups attached to an aromatic ring is 1. The maximum absolute atomic E-state index is 5.73. The largest absolute Gasteiger partial charge is 0.398 e. The van der Waals surface area contributed by atoms with E-state index in [-0.39, 0.29) is 0 Å². The fourth-order valence-electron chi connectivity index (χ4n) is 1.05. The van der Waals surface area contributed by atoms with Crippen LogP contribution in [0.5, 0.6) is 0 Å². The van der Waals surface area contributed by atoms with Gasteiger partial charge in [0.1, 0.15) is 0 Å². The maximum atomic E-state index is 5.73. The molecule has 12 heavy (non-hydrogen) atoms. The first-order chi connectivity index (χ1) is 5.79. The summed E-state index contributed by atoms with van der Waals surface area (Å²) in [5.41, 5.74) is 16.5. The average molecular weight is 160 g/mol. The molecule has 0 unspecified atom stereocenters. The van der Waals surface area contributed by atoms with Gasteiger partial charge in [-0.05, 0) is 6.07 Å². The Morgan fingerprint density at radius 1 is 1.42 bits per heavy atom. The highest BCUT2D eigenvalue weighted by atomic mass is 14.6. The Kier molecular flexibility index (Phi) is 2.70. The Morgan fingerprint density at radius 3 is 2.58 bits per heavy atom. The number of para-hydroxylation sites is 1. The minimum atomic E-state index is 0.414. The molecule has 0 heterocycles. The van der Waals surface area contributed by atoms with E-state index in [2.05, 4.69) is 12.3 Å². The van der Waals surface area contributed by atoms with Crippen LogP contribution in [0, 0.1) is 0 Å². The number of benzene rings is 1. The molecule has 2 nitrogen and oxygen atoms in total. The molecule has 0 aliphatic rings. The zero-order valence-corrected chi connectivity index (χ0v) is 6.88. The summed E-state index contributed by atoms with van der Waals surface area (Å²) in [7, 11) is 0. The van der Waals surface area contributed by atoms with Gasteiger partial charge in [-0.3, -0.25) is 0 Å². The Hall–Kier alpha value is -1.50. The van der Waals surface area contributed by atoms with Crippen molar-refractivity contribution in [1.29, 1.82) is 0 Å². The lowest BCUT2D eigenvalue weighted by Crippen LogP contribution is -2.03. The smallest absolute Gasteiger partial charge is 0.0397 e. The van der Waals surface area contributed by atoms with E-state index in [9.17, 15) is 0 Å². The Labute approximate surface area is 72.2 Å². The third-order valence-corrected chi connectivity index (χ3v) is 1.70. The first kappa shape index (κ1) is 8.60. The van der Waals surface area contributed by atoms with Crippen molar-refractivity contribution in [2.45, 2.75) is 0 Å². The van der Waals surface area contributed by atoms with Gasteiger partial charge in [0.25, 0.3) is 0 Å². The number of anilines is 1. The molecule has 0 aliphatic heterocycles. The van der Waals surface area contributed by atoms with E-state index >= 15 is 0 Å². The molecule has 62 valence electrons. The van der Waals surface area contributed by atoms with Crippen molar-refractivity contribution in [1.82, 2.24) is 0 Å². The van der Waals surface area contributed by atoms with Gasteiger partial charge < -0.3 is 11.5 Å². The molecule has 4 N–H and O–H groups in total. The normalized spacial score (nSPS) is 9.08. The first-order valence-corrected chi connectivity index (χ1v) is 3.73. The van der Waals surface area contributed by atoms with E-state index in [0.29, 0.717) is 12.2 Å². The summed E-state index contributed by atoms with van der Waals surface area (Å²) in [5.74, 6) is 0. The third-order valence-electron chi connectivity index (χ3n) is 1.70. The van der Waals surface area contributed by atoms with Crippen LogP contribution in [-0.2, 0) is 0 Å². The molecule has 0 atom stereocenters. The molecule has 0 spiro atoms. The van der Waals surface area contributed by atoms with E-state index in [0.717, 1.165) is 11.1 Å². The van der Waals surface area contributed by atoms with Crippen LogP contribution in [0.3, 0.4) is 0 Å². The number of hydrogen-bond acceptors (Lipinski definition) is 2. The fourth-order valence-corrected chi connectivity index (χ4v) is 1.05. The summed E-state index contributed by atoms with van der Waals surface area (Å²) < 4.78 is 0. The molecule has 0 radical (unpaired) electrons. The molecule has 0 fully saturated rings. The van der Waals surface area contributed by atoms with Crippen LogP contribution >= 0.6 is 0 Å². The van der Waals surface area contributed by atoms with E-state index in [1.54, 1.807) is 0 Å². The Balaban J connectivity index is 3.18. The molecular weight excluding hydrogens is 148 g/mol. The zero-order chi connectivity index (χ0) is 8.97. The van der Waals surface area contributed by atoms with Crippen LogP contribution in [0.15, 0.2) is 36.6 Å². The molecule has 0 amide bonds. The molecule has 1 aromatic rings. The van der Waals surface area contributed by atoms with Crippen LogP contribution in [0.2, 0.25) is 0 Å². The predicted molar refractivity (Wildman–Crippen MR) is 52.5 cm³/mol. The van der Waals surface area contributed by atoms with E-state index < -0.39 is 0 Å². The van der Waals surface area contributed by atoms with Gasteiger partial charge in [-0.15, -0.1) is 5.73 Å². The van der Waals surface area contributed by atoms with Crippen molar-refractivity contribution < 1.29 is 0 Å². The number of rotatable bonds is 2. The van der Waals surface area contributed by atoms with Gasteiger partial charge in [0.2, 0.25) is 0 Å². The van der Waals surface area contributed by atoms with Crippen molar-refractivity contribution in [3.8, 4) is 0 Å². The van der Waals surface area contributed by atoms with Gasteiger partial charge in [0.15, 0.2) is 0 Å². The molecule has 2 heteroatoms. The quantitative estimate of drug-likeness (QED) is 0.507. The summed E-state index contributed by atoms with van der Waals surface area (Å²) in [4.78, 5) is 0. The van der Waals surface area contributed by atoms with Gasteiger partial charge >= 0.3 is 0 Å². The molecule has 0 aliphatic carbocycles. The molecule has 0 saturated carbocycles. The molecule has 0 saturated heterocycles. The van der Waals surface area contributed by atoms with Gasteiger partial charge in [0, 0.05) is 23.4 Å². The van der Waals surface area contributed by atoms with Crippen LogP contribution < -0.4 is 11.5 Å². The monoisotopic (exact) mass is 160 g/mol. The van der Waals surface area contributed by atoms with Crippen LogP contribution in [-0.4, -0.2) is 6.54 Å². The highest BCUT2D eigenvalue weighted by Gasteiger charge is 2.00. The Bertz CT molecular complexity index is 322. The van der Waals surface area contributed by atoms with Crippen LogP contribution in [0.25, 0.3) is 5.57 Å². The molecule has 1 aromatic carbocycles. The first-order valence-electron chi connectivity index (χ1n) is 3.73. The van der Waals surface area contributed by atoms with Crippen molar-refractivity contribution in [3.05, 3.63) is 42.1 Å². The third kappa shape index (κ3) is 1.56. The van der Waals surface area contributed by atoms with Crippen LogP contribution in [0.1, 0.15) is 5.56 Å². The summed E-state index contributed by atoms with van der Waals surface area (Å²) in [5, 5.41) is 0. The zero-order valence-electron chi connectivity index (χ0n) is 6.88.